The van der Waals surface area contributed by atoms with Crippen molar-refractivity contribution in [1.82, 2.24) is 4.98 Å². The summed E-state index contributed by atoms with van der Waals surface area (Å²) in [6.45, 7) is 2.00. The minimum atomic E-state index is -0.00354. The molecule has 1 atom stereocenters. The Morgan fingerprint density at radius 1 is 1.71 bits per heavy atom. The number of hydrogen-bond acceptors (Lipinski definition) is 3. The van der Waals surface area contributed by atoms with Crippen molar-refractivity contribution in [3.63, 3.8) is 0 Å². The Hall–Kier alpha value is -0.550. The summed E-state index contributed by atoms with van der Waals surface area (Å²) in [6.07, 6.45) is 2.57. The first kappa shape index (κ1) is 9.98. The quantitative estimate of drug-likeness (QED) is 0.855. The Morgan fingerprint density at radius 3 is 3.21 bits per heavy atom. The van der Waals surface area contributed by atoms with E-state index in [1.54, 1.807) is 6.20 Å². The standard InChI is InChI=1S/C9H9BrN2OS/c1-2-7-8(13)12-6-3-5(10)4-11-9(6)14-7/h3-4,7H,2H2,1H3,(H,12,13). The van der Waals surface area contributed by atoms with E-state index in [0.717, 1.165) is 21.6 Å². The summed E-state index contributed by atoms with van der Waals surface area (Å²) in [5, 5.41) is 3.75. The first-order valence-corrected chi connectivity index (χ1v) is 6.01. The van der Waals surface area contributed by atoms with Crippen molar-refractivity contribution >= 4 is 39.3 Å². The molecule has 0 aliphatic carbocycles. The van der Waals surface area contributed by atoms with Crippen LogP contribution >= 0.6 is 27.7 Å². The molecular weight excluding hydrogens is 264 g/mol. The van der Waals surface area contributed by atoms with Crippen molar-refractivity contribution in [2.75, 3.05) is 5.32 Å². The second kappa shape index (κ2) is 3.90. The number of halogens is 1. The van der Waals surface area contributed by atoms with Crippen LogP contribution in [0.2, 0.25) is 0 Å². The Bertz CT molecular complexity index is 383. The van der Waals surface area contributed by atoms with Gasteiger partial charge >= 0.3 is 0 Å². The van der Waals surface area contributed by atoms with Gasteiger partial charge in [-0.15, -0.1) is 0 Å². The number of thioether (sulfide) groups is 1. The van der Waals surface area contributed by atoms with Crippen LogP contribution in [0.3, 0.4) is 0 Å². The van der Waals surface area contributed by atoms with Gasteiger partial charge in [0, 0.05) is 10.7 Å². The third-order valence-corrected chi connectivity index (χ3v) is 3.81. The van der Waals surface area contributed by atoms with Crippen molar-refractivity contribution in [1.29, 1.82) is 0 Å². The van der Waals surface area contributed by atoms with Gasteiger partial charge in [0.2, 0.25) is 5.91 Å². The van der Waals surface area contributed by atoms with Gasteiger partial charge in [0.1, 0.15) is 5.03 Å². The number of rotatable bonds is 1. The van der Waals surface area contributed by atoms with Crippen LogP contribution in [0, 0.1) is 0 Å². The first-order valence-electron chi connectivity index (χ1n) is 4.33. The lowest BCUT2D eigenvalue weighted by molar-refractivity contribution is -0.115. The van der Waals surface area contributed by atoms with E-state index >= 15 is 0 Å². The lowest BCUT2D eigenvalue weighted by atomic mass is 10.3. The van der Waals surface area contributed by atoms with Crippen LogP contribution in [0.25, 0.3) is 0 Å². The maximum absolute atomic E-state index is 11.5. The fourth-order valence-corrected chi connectivity index (χ4v) is 2.56. The molecule has 0 radical (unpaired) electrons. The minimum Gasteiger partial charge on any atom is -0.323 e. The van der Waals surface area contributed by atoms with Crippen molar-refractivity contribution in [3.8, 4) is 0 Å². The van der Waals surface area contributed by atoms with E-state index in [2.05, 4.69) is 26.2 Å². The number of amides is 1. The highest BCUT2D eigenvalue weighted by atomic mass is 79.9. The number of anilines is 1. The van der Waals surface area contributed by atoms with Crippen LogP contribution in [-0.2, 0) is 4.79 Å². The molecule has 1 aromatic rings. The number of nitrogens with one attached hydrogen (secondary N) is 1. The molecule has 5 heteroatoms. The molecule has 2 heterocycles. The van der Waals surface area contributed by atoms with E-state index in [1.807, 2.05) is 13.0 Å². The molecule has 1 aliphatic rings. The van der Waals surface area contributed by atoms with Gasteiger partial charge < -0.3 is 5.32 Å². The molecule has 74 valence electrons. The van der Waals surface area contributed by atoms with Gasteiger partial charge in [-0.1, -0.05) is 18.7 Å². The van der Waals surface area contributed by atoms with Gasteiger partial charge in [-0.3, -0.25) is 4.79 Å². The predicted molar refractivity (Wildman–Crippen MR) is 60.5 cm³/mol. The van der Waals surface area contributed by atoms with Crippen molar-refractivity contribution in [3.05, 3.63) is 16.7 Å². The summed E-state index contributed by atoms with van der Waals surface area (Å²) in [6, 6.07) is 1.87. The number of pyridine rings is 1. The average molecular weight is 273 g/mol. The van der Waals surface area contributed by atoms with Gasteiger partial charge in [0.05, 0.1) is 10.9 Å². The van der Waals surface area contributed by atoms with Gasteiger partial charge in [-0.25, -0.2) is 4.98 Å². The summed E-state index contributed by atoms with van der Waals surface area (Å²) in [5.41, 5.74) is 0.805. The van der Waals surface area contributed by atoms with Gasteiger partial charge in [-0.05, 0) is 28.4 Å². The van der Waals surface area contributed by atoms with Crippen LogP contribution in [0.15, 0.2) is 21.8 Å². The monoisotopic (exact) mass is 272 g/mol. The maximum Gasteiger partial charge on any atom is 0.237 e. The largest absolute Gasteiger partial charge is 0.323 e. The topological polar surface area (TPSA) is 42.0 Å². The van der Waals surface area contributed by atoms with Gasteiger partial charge in [0.15, 0.2) is 0 Å². The Balaban J connectivity index is 2.35. The Morgan fingerprint density at radius 2 is 2.50 bits per heavy atom. The lowest BCUT2D eigenvalue weighted by Crippen LogP contribution is -2.28. The van der Waals surface area contributed by atoms with E-state index in [0.29, 0.717) is 0 Å². The average Bonchev–Trinajstić information content (AvgIpc) is 2.16. The number of aromatic nitrogens is 1. The first-order chi connectivity index (χ1) is 6.70. The molecule has 14 heavy (non-hydrogen) atoms. The SMILES string of the molecule is CCC1Sc2ncc(Br)cc2NC1=O. The highest BCUT2D eigenvalue weighted by Gasteiger charge is 2.26. The lowest BCUT2D eigenvalue weighted by Gasteiger charge is -2.21. The number of fused-ring (bicyclic) bond motifs is 1. The molecule has 0 aromatic carbocycles. The zero-order chi connectivity index (χ0) is 10.1. The van der Waals surface area contributed by atoms with E-state index < -0.39 is 0 Å². The number of hydrogen-bond donors (Lipinski definition) is 1. The maximum atomic E-state index is 11.5. The van der Waals surface area contributed by atoms with Crippen LogP contribution in [0.1, 0.15) is 13.3 Å². The molecule has 3 nitrogen and oxygen atoms in total. The third-order valence-electron chi connectivity index (χ3n) is 1.99. The van der Waals surface area contributed by atoms with E-state index in [4.69, 9.17) is 0 Å². The number of carbonyl (C=O) groups is 1. The summed E-state index contributed by atoms with van der Waals surface area (Å²) in [7, 11) is 0. The molecule has 1 amide bonds. The fraction of sp³-hybridized carbons (Fsp3) is 0.333. The molecule has 2 rings (SSSR count). The van der Waals surface area contributed by atoms with E-state index in [9.17, 15) is 4.79 Å². The Labute approximate surface area is 94.8 Å². The summed E-state index contributed by atoms with van der Waals surface area (Å²) >= 11 is 4.85. The van der Waals surface area contributed by atoms with Crippen LogP contribution in [0.4, 0.5) is 5.69 Å². The van der Waals surface area contributed by atoms with Crippen molar-refractivity contribution in [2.45, 2.75) is 23.6 Å². The molecular formula is C9H9BrN2OS. The molecule has 1 unspecified atom stereocenters. The highest BCUT2D eigenvalue weighted by Crippen LogP contribution is 2.36. The zero-order valence-electron chi connectivity index (χ0n) is 7.58. The molecule has 0 fully saturated rings. The molecule has 1 aromatic heterocycles. The molecule has 1 aliphatic heterocycles. The molecule has 1 N–H and O–H groups in total. The summed E-state index contributed by atoms with van der Waals surface area (Å²) in [4.78, 5) is 15.8. The van der Waals surface area contributed by atoms with E-state index in [1.165, 1.54) is 11.8 Å². The fourth-order valence-electron chi connectivity index (χ4n) is 1.28. The van der Waals surface area contributed by atoms with Crippen molar-refractivity contribution < 1.29 is 4.79 Å². The van der Waals surface area contributed by atoms with Crippen LogP contribution in [-0.4, -0.2) is 16.1 Å². The number of carbonyl (C=O) groups excluding carboxylic acids is 1. The van der Waals surface area contributed by atoms with Gasteiger partial charge in [-0.2, -0.15) is 0 Å². The minimum absolute atomic E-state index is 0.00354. The second-order valence-electron chi connectivity index (χ2n) is 3.01. The second-order valence-corrected chi connectivity index (χ2v) is 5.12. The Kier molecular flexibility index (Phi) is 2.78. The molecule has 0 saturated carbocycles. The van der Waals surface area contributed by atoms with Crippen LogP contribution in [0.5, 0.6) is 0 Å². The number of nitrogens with zero attached hydrogens (tertiary/aromatic N) is 1. The molecule has 0 spiro atoms. The third kappa shape index (κ3) is 1.79. The summed E-state index contributed by atoms with van der Waals surface area (Å²) < 4.78 is 0.882. The normalized spacial score (nSPS) is 20.1. The molecule has 0 bridgehead atoms. The highest BCUT2D eigenvalue weighted by molar-refractivity contribution is 9.10. The predicted octanol–water partition coefficient (Wildman–Crippen LogP) is 2.67. The van der Waals surface area contributed by atoms with E-state index in [-0.39, 0.29) is 11.2 Å². The van der Waals surface area contributed by atoms with Gasteiger partial charge in [0.25, 0.3) is 0 Å². The zero-order valence-corrected chi connectivity index (χ0v) is 9.98. The smallest absolute Gasteiger partial charge is 0.237 e. The van der Waals surface area contributed by atoms with Crippen molar-refractivity contribution in [2.24, 2.45) is 0 Å². The van der Waals surface area contributed by atoms with Crippen LogP contribution < -0.4 is 5.32 Å². The summed E-state index contributed by atoms with van der Waals surface area (Å²) in [5.74, 6) is 0.0740. The molecule has 0 saturated heterocycles.